The Bertz CT molecular complexity index is 1050. The summed E-state index contributed by atoms with van der Waals surface area (Å²) < 4.78 is 35.9. The van der Waals surface area contributed by atoms with E-state index in [4.69, 9.17) is 8.92 Å². The summed E-state index contributed by atoms with van der Waals surface area (Å²) >= 11 is 0. The zero-order chi connectivity index (χ0) is 22.6. The second kappa shape index (κ2) is 9.58. The molecule has 0 aromatic heterocycles. The van der Waals surface area contributed by atoms with Crippen LogP contribution in [-0.2, 0) is 23.8 Å². The zero-order valence-electron chi connectivity index (χ0n) is 18.6. The van der Waals surface area contributed by atoms with Crippen molar-refractivity contribution in [1.29, 1.82) is 0 Å². The molecule has 0 amide bonds. The lowest BCUT2D eigenvalue weighted by molar-refractivity contribution is -0.134. The first-order valence-corrected chi connectivity index (χ1v) is 11.2. The maximum Gasteiger partial charge on any atom is 0.330 e. The molecule has 0 aliphatic heterocycles. The Labute approximate surface area is 179 Å². The summed E-state index contributed by atoms with van der Waals surface area (Å²) in [5.41, 5.74) is 6.34. The molecule has 2 aromatic rings. The normalized spacial score (nSPS) is 14.0. The molecule has 0 radical (unpaired) electrons. The quantitative estimate of drug-likeness (QED) is 0.357. The summed E-state index contributed by atoms with van der Waals surface area (Å²) in [6.45, 7) is 11.7. The summed E-state index contributed by atoms with van der Waals surface area (Å²) in [6, 6.07) is 8.55. The van der Waals surface area contributed by atoms with E-state index < -0.39 is 28.1 Å². The third-order valence-electron chi connectivity index (χ3n) is 5.62. The Morgan fingerprint density at radius 2 is 1.57 bits per heavy atom. The molecule has 0 unspecified atom stereocenters. The van der Waals surface area contributed by atoms with Gasteiger partial charge in [0.05, 0.1) is 18.1 Å². The molecule has 0 saturated heterocycles. The summed E-state index contributed by atoms with van der Waals surface area (Å²) in [4.78, 5) is 11.8. The molecular weight excluding hydrogens is 400 g/mol. The molecule has 0 N–H and O–H groups in total. The number of hydrogen-bond acceptors (Lipinski definition) is 5. The van der Waals surface area contributed by atoms with Gasteiger partial charge in [0.1, 0.15) is 0 Å². The zero-order valence-corrected chi connectivity index (χ0v) is 19.5. The van der Waals surface area contributed by atoms with Crippen molar-refractivity contribution in [3.63, 3.8) is 0 Å². The van der Waals surface area contributed by atoms with Gasteiger partial charge < -0.3 is 4.74 Å². The number of esters is 1. The van der Waals surface area contributed by atoms with Crippen molar-refractivity contribution in [3.05, 3.63) is 75.9 Å². The molecule has 6 heteroatoms. The fourth-order valence-electron chi connectivity index (χ4n) is 3.37. The third-order valence-corrected chi connectivity index (χ3v) is 7.02. The molecule has 0 heterocycles. The van der Waals surface area contributed by atoms with Crippen LogP contribution in [-0.4, -0.2) is 27.6 Å². The van der Waals surface area contributed by atoms with Crippen LogP contribution in [0.2, 0.25) is 0 Å². The Hall–Kier alpha value is -2.44. The van der Waals surface area contributed by atoms with Crippen LogP contribution in [0.4, 0.5) is 0 Å². The van der Waals surface area contributed by atoms with E-state index in [0.29, 0.717) is 0 Å². The van der Waals surface area contributed by atoms with Gasteiger partial charge in [0, 0.05) is 12.0 Å². The molecule has 0 saturated carbocycles. The minimum Gasteiger partial charge on any atom is -0.466 e. The monoisotopic (exact) mass is 430 g/mol. The second-order valence-corrected chi connectivity index (χ2v) is 9.21. The van der Waals surface area contributed by atoms with E-state index in [1.807, 2.05) is 33.8 Å². The number of benzene rings is 2. The van der Waals surface area contributed by atoms with Crippen LogP contribution in [0.1, 0.15) is 46.2 Å². The molecular formula is C24H30O5S. The first-order chi connectivity index (χ1) is 14.0. The number of carbonyl (C=O) groups excluding carboxylic acids is 1. The summed E-state index contributed by atoms with van der Waals surface area (Å²) in [5.74, 6) is -0.964. The fraction of sp³-hybridized carbons (Fsp3) is 0.375. The van der Waals surface area contributed by atoms with E-state index >= 15 is 0 Å². The van der Waals surface area contributed by atoms with Gasteiger partial charge in [0.15, 0.2) is 0 Å². The van der Waals surface area contributed by atoms with Crippen molar-refractivity contribution in [2.75, 3.05) is 7.11 Å². The van der Waals surface area contributed by atoms with Gasteiger partial charge in [-0.1, -0.05) is 29.8 Å². The van der Waals surface area contributed by atoms with Gasteiger partial charge in [-0.2, -0.15) is 8.42 Å². The van der Waals surface area contributed by atoms with Crippen LogP contribution < -0.4 is 0 Å². The molecule has 5 nitrogen and oxygen atoms in total. The highest BCUT2D eigenvalue weighted by Gasteiger charge is 2.27. The van der Waals surface area contributed by atoms with Gasteiger partial charge in [-0.3, -0.25) is 4.18 Å². The highest BCUT2D eigenvalue weighted by Crippen LogP contribution is 2.33. The molecule has 0 spiro atoms. The summed E-state index contributed by atoms with van der Waals surface area (Å²) in [6.07, 6.45) is 2.22. The first-order valence-electron chi connectivity index (χ1n) is 9.81. The SMILES string of the molecule is COC(=O)/C=C/[C@@H](c1cc(C)c(C)c(C)c1C)[C@H](C)OS(=O)(=O)c1ccc(C)cc1. The fourth-order valence-corrected chi connectivity index (χ4v) is 4.47. The smallest absolute Gasteiger partial charge is 0.330 e. The molecule has 0 aliphatic carbocycles. The molecule has 162 valence electrons. The topological polar surface area (TPSA) is 69.7 Å². The van der Waals surface area contributed by atoms with Crippen molar-refractivity contribution in [3.8, 4) is 0 Å². The van der Waals surface area contributed by atoms with Crippen molar-refractivity contribution in [2.24, 2.45) is 0 Å². The van der Waals surface area contributed by atoms with Crippen LogP contribution in [0.25, 0.3) is 0 Å². The predicted octanol–water partition coefficient (Wildman–Crippen LogP) is 4.84. The van der Waals surface area contributed by atoms with Crippen molar-refractivity contribution < 1.29 is 22.1 Å². The Balaban J connectivity index is 2.48. The third kappa shape index (κ3) is 5.37. The van der Waals surface area contributed by atoms with Crippen LogP contribution >= 0.6 is 0 Å². The van der Waals surface area contributed by atoms with E-state index in [9.17, 15) is 13.2 Å². The van der Waals surface area contributed by atoms with Crippen LogP contribution in [0, 0.1) is 34.6 Å². The Morgan fingerprint density at radius 3 is 2.13 bits per heavy atom. The van der Waals surface area contributed by atoms with Gasteiger partial charge >= 0.3 is 5.97 Å². The first kappa shape index (κ1) is 23.8. The molecule has 0 aliphatic rings. The number of rotatable bonds is 7. The Morgan fingerprint density at radius 1 is 0.967 bits per heavy atom. The molecule has 0 fully saturated rings. The highest BCUT2D eigenvalue weighted by atomic mass is 32.2. The van der Waals surface area contributed by atoms with Crippen molar-refractivity contribution >= 4 is 16.1 Å². The minimum absolute atomic E-state index is 0.101. The van der Waals surface area contributed by atoms with E-state index in [0.717, 1.165) is 27.8 Å². The summed E-state index contributed by atoms with van der Waals surface area (Å²) in [7, 11) is -2.66. The molecule has 2 atom stereocenters. The van der Waals surface area contributed by atoms with E-state index in [1.54, 1.807) is 25.1 Å². The largest absolute Gasteiger partial charge is 0.466 e. The maximum atomic E-state index is 12.8. The average Bonchev–Trinajstić information content (AvgIpc) is 2.69. The lowest BCUT2D eigenvalue weighted by Gasteiger charge is -2.25. The molecule has 30 heavy (non-hydrogen) atoms. The highest BCUT2D eigenvalue weighted by molar-refractivity contribution is 7.86. The van der Waals surface area contributed by atoms with Gasteiger partial charge in [0.25, 0.3) is 10.1 Å². The summed E-state index contributed by atoms with van der Waals surface area (Å²) in [5, 5.41) is 0. The second-order valence-electron chi connectivity index (χ2n) is 7.63. The van der Waals surface area contributed by atoms with Gasteiger partial charge in [-0.05, 0) is 81.5 Å². The number of carbonyl (C=O) groups is 1. The van der Waals surface area contributed by atoms with E-state index in [2.05, 4.69) is 6.92 Å². The van der Waals surface area contributed by atoms with Gasteiger partial charge in [0.2, 0.25) is 0 Å². The van der Waals surface area contributed by atoms with Crippen LogP contribution in [0.15, 0.2) is 47.4 Å². The predicted molar refractivity (Wildman–Crippen MR) is 118 cm³/mol. The van der Waals surface area contributed by atoms with Crippen LogP contribution in [0.5, 0.6) is 0 Å². The van der Waals surface area contributed by atoms with Crippen molar-refractivity contribution in [1.82, 2.24) is 0 Å². The lowest BCUT2D eigenvalue weighted by atomic mass is 9.85. The lowest BCUT2D eigenvalue weighted by Crippen LogP contribution is -2.23. The molecule has 2 rings (SSSR count). The number of aryl methyl sites for hydroxylation is 2. The number of methoxy groups -OCH3 is 1. The van der Waals surface area contributed by atoms with Crippen LogP contribution in [0.3, 0.4) is 0 Å². The molecule has 2 aromatic carbocycles. The van der Waals surface area contributed by atoms with Gasteiger partial charge in [-0.25, -0.2) is 4.79 Å². The number of ether oxygens (including phenoxy) is 1. The van der Waals surface area contributed by atoms with Crippen molar-refractivity contribution in [2.45, 2.75) is 58.5 Å². The molecule has 0 bridgehead atoms. The van der Waals surface area contributed by atoms with Gasteiger partial charge in [-0.15, -0.1) is 0 Å². The Kier molecular flexibility index (Phi) is 7.61. The maximum absolute atomic E-state index is 12.8. The number of hydrogen-bond donors (Lipinski definition) is 0. The minimum atomic E-state index is -3.96. The van der Waals surface area contributed by atoms with E-state index in [-0.39, 0.29) is 4.90 Å². The van der Waals surface area contributed by atoms with E-state index in [1.165, 1.54) is 30.9 Å². The average molecular weight is 431 g/mol. The standard InChI is InChI=1S/C24H30O5S/c1-15-8-10-21(11-9-15)30(26,27)29-20(6)22(12-13-24(25)28-7)23-14-16(2)17(3)18(4)19(23)5/h8-14,20,22H,1-7H3/b13-12+/t20-,22+/m0/s1.